The molecule has 0 aliphatic rings. The van der Waals surface area contributed by atoms with E-state index in [0.29, 0.717) is 17.6 Å². The zero-order valence-corrected chi connectivity index (χ0v) is 20.7. The fraction of sp³-hybridized carbons (Fsp3) is 0.917. The van der Waals surface area contributed by atoms with Crippen molar-refractivity contribution in [2.24, 2.45) is 0 Å². The highest BCUT2D eigenvalue weighted by Gasteiger charge is 2.08. The molecule has 5 heteroatoms. The van der Waals surface area contributed by atoms with Crippen LogP contribution in [0.3, 0.4) is 0 Å². The van der Waals surface area contributed by atoms with Crippen LogP contribution in [0, 0.1) is 0 Å². The van der Waals surface area contributed by atoms with E-state index in [4.69, 9.17) is 12.2 Å². The molecule has 29 heavy (non-hydrogen) atoms. The third-order valence-corrected chi connectivity index (χ3v) is 5.86. The number of carbonyl (C=O) groups is 1. The summed E-state index contributed by atoms with van der Waals surface area (Å²) in [4.78, 5) is 14.5. The summed E-state index contributed by atoms with van der Waals surface area (Å²) in [5.41, 5.74) is 0. The van der Waals surface area contributed by atoms with Crippen molar-refractivity contribution in [3.8, 4) is 0 Å². The highest BCUT2D eigenvalue weighted by Crippen LogP contribution is 2.11. The van der Waals surface area contributed by atoms with Gasteiger partial charge in [-0.1, -0.05) is 85.0 Å². The van der Waals surface area contributed by atoms with Crippen LogP contribution in [0.25, 0.3) is 0 Å². The Bertz CT molecular complexity index is 400. The van der Waals surface area contributed by atoms with Gasteiger partial charge in [0.25, 0.3) is 0 Å². The minimum atomic E-state index is 0.0498. The van der Waals surface area contributed by atoms with Crippen molar-refractivity contribution in [1.82, 2.24) is 15.5 Å². The monoisotopic (exact) mass is 427 g/mol. The fourth-order valence-corrected chi connectivity index (χ4v) is 3.95. The van der Waals surface area contributed by atoms with Crippen LogP contribution in [-0.2, 0) is 4.79 Å². The minimum Gasteiger partial charge on any atom is -0.360 e. The van der Waals surface area contributed by atoms with Crippen molar-refractivity contribution in [3.05, 3.63) is 0 Å². The van der Waals surface area contributed by atoms with Gasteiger partial charge in [0.1, 0.15) is 0 Å². The Kier molecular flexibility index (Phi) is 20.1. The number of carbonyl (C=O) groups excluding carboxylic acids is 1. The third kappa shape index (κ3) is 19.1. The molecule has 0 aromatic carbocycles. The van der Waals surface area contributed by atoms with Gasteiger partial charge >= 0.3 is 0 Å². The molecule has 0 aliphatic heterocycles. The fourth-order valence-electron chi connectivity index (χ4n) is 3.63. The van der Waals surface area contributed by atoms with E-state index >= 15 is 0 Å². The molecule has 1 atom stereocenters. The summed E-state index contributed by atoms with van der Waals surface area (Å²) in [6, 6.07) is 0.292. The van der Waals surface area contributed by atoms with E-state index in [1.165, 1.54) is 57.8 Å². The maximum absolute atomic E-state index is 12.0. The average Bonchev–Trinajstić information content (AvgIpc) is 2.69. The molecule has 0 radical (unpaired) electrons. The summed E-state index contributed by atoms with van der Waals surface area (Å²) >= 11 is 5.29. The molecule has 0 rings (SSSR count). The quantitative estimate of drug-likeness (QED) is 0.191. The molecule has 1 unspecified atom stereocenters. The average molecular weight is 428 g/mol. The van der Waals surface area contributed by atoms with Gasteiger partial charge in [-0.05, 0) is 58.0 Å². The zero-order chi connectivity index (χ0) is 21.7. The zero-order valence-electron chi connectivity index (χ0n) is 19.9. The summed E-state index contributed by atoms with van der Waals surface area (Å²) in [5, 5.41) is 6.56. The Balaban J connectivity index is 3.56. The van der Waals surface area contributed by atoms with Gasteiger partial charge in [-0.25, -0.2) is 0 Å². The maximum Gasteiger partial charge on any atom is 0.226 e. The van der Waals surface area contributed by atoms with Gasteiger partial charge < -0.3 is 15.5 Å². The van der Waals surface area contributed by atoms with Gasteiger partial charge in [0.2, 0.25) is 5.91 Å². The Labute approximate surface area is 187 Å². The molecule has 2 N–H and O–H groups in total. The summed E-state index contributed by atoms with van der Waals surface area (Å²) in [5.74, 6) is 0.0498. The largest absolute Gasteiger partial charge is 0.360 e. The lowest BCUT2D eigenvalue weighted by molar-refractivity contribution is -0.119. The molecule has 0 aliphatic carbocycles. The lowest BCUT2D eigenvalue weighted by atomic mass is 10.1. The molecule has 0 fully saturated rings. The molecule has 0 saturated carbocycles. The second-order valence-corrected chi connectivity index (χ2v) is 8.79. The predicted molar refractivity (Wildman–Crippen MR) is 131 cm³/mol. The predicted octanol–water partition coefficient (Wildman–Crippen LogP) is 6.19. The van der Waals surface area contributed by atoms with Gasteiger partial charge in [0, 0.05) is 12.5 Å². The second kappa shape index (κ2) is 20.6. The van der Waals surface area contributed by atoms with E-state index in [9.17, 15) is 4.79 Å². The van der Waals surface area contributed by atoms with Crippen molar-refractivity contribution < 1.29 is 4.79 Å². The molecule has 0 spiro atoms. The van der Waals surface area contributed by atoms with Crippen LogP contribution in [0.5, 0.6) is 0 Å². The molecular formula is C24H49N3OS. The first kappa shape index (κ1) is 28.3. The van der Waals surface area contributed by atoms with E-state index in [2.05, 4.69) is 43.2 Å². The molecule has 0 aromatic heterocycles. The first-order valence-corrected chi connectivity index (χ1v) is 12.8. The maximum atomic E-state index is 12.0. The molecule has 4 nitrogen and oxygen atoms in total. The molecule has 0 aromatic rings. The van der Waals surface area contributed by atoms with Crippen molar-refractivity contribution in [1.29, 1.82) is 0 Å². The molecule has 0 saturated heterocycles. The lowest BCUT2D eigenvalue weighted by Crippen LogP contribution is -2.43. The van der Waals surface area contributed by atoms with E-state index in [0.717, 1.165) is 45.3 Å². The highest BCUT2D eigenvalue weighted by atomic mass is 32.1. The Hall–Kier alpha value is -0.680. The normalized spacial score (nSPS) is 12.2. The first-order valence-electron chi connectivity index (χ1n) is 12.4. The Morgan fingerprint density at radius 3 is 1.86 bits per heavy atom. The van der Waals surface area contributed by atoms with Crippen LogP contribution in [-0.4, -0.2) is 41.6 Å². The lowest BCUT2D eigenvalue weighted by Gasteiger charge is -2.20. The van der Waals surface area contributed by atoms with E-state index < -0.39 is 0 Å². The second-order valence-electron chi connectivity index (χ2n) is 8.38. The number of amides is 1. The number of thiocarbonyl (C=S) groups is 1. The standard InChI is InChI=1S/C24H49N3OS/c1-5-8-9-10-11-12-13-14-15-16-17-20-23(28)26-24(29)25-22(4)19-18-21-27(6-2)7-3/h22H,5-21H2,1-4H3,(H2,25,26,28,29). The van der Waals surface area contributed by atoms with Crippen LogP contribution >= 0.6 is 12.2 Å². The Morgan fingerprint density at radius 2 is 1.34 bits per heavy atom. The van der Waals surface area contributed by atoms with Crippen LogP contribution in [0.2, 0.25) is 0 Å². The molecule has 0 bridgehead atoms. The number of hydrogen-bond acceptors (Lipinski definition) is 3. The van der Waals surface area contributed by atoms with Crippen LogP contribution in [0.1, 0.15) is 118 Å². The van der Waals surface area contributed by atoms with Gasteiger partial charge in [0.15, 0.2) is 5.11 Å². The van der Waals surface area contributed by atoms with Gasteiger partial charge in [-0.2, -0.15) is 0 Å². The minimum absolute atomic E-state index is 0.0498. The van der Waals surface area contributed by atoms with Crippen molar-refractivity contribution in [2.45, 2.75) is 124 Å². The van der Waals surface area contributed by atoms with Crippen LogP contribution in [0.4, 0.5) is 0 Å². The van der Waals surface area contributed by atoms with Crippen molar-refractivity contribution in [2.75, 3.05) is 19.6 Å². The molecule has 1 amide bonds. The van der Waals surface area contributed by atoms with Gasteiger partial charge in [-0.15, -0.1) is 0 Å². The number of nitrogens with one attached hydrogen (secondary N) is 2. The van der Waals surface area contributed by atoms with Crippen molar-refractivity contribution in [3.63, 3.8) is 0 Å². The smallest absolute Gasteiger partial charge is 0.226 e. The first-order chi connectivity index (χ1) is 14.0. The van der Waals surface area contributed by atoms with E-state index in [1.807, 2.05) is 0 Å². The highest BCUT2D eigenvalue weighted by molar-refractivity contribution is 7.80. The Morgan fingerprint density at radius 1 is 0.828 bits per heavy atom. The number of rotatable bonds is 19. The number of nitrogens with zero attached hydrogens (tertiary/aromatic N) is 1. The molecule has 0 heterocycles. The summed E-state index contributed by atoms with van der Waals surface area (Å²) in [6.07, 6.45) is 17.1. The third-order valence-electron chi connectivity index (χ3n) is 5.64. The van der Waals surface area contributed by atoms with Crippen LogP contribution < -0.4 is 10.6 Å². The summed E-state index contributed by atoms with van der Waals surface area (Å²) in [6.45, 7) is 12.1. The van der Waals surface area contributed by atoms with Gasteiger partial charge in [0.05, 0.1) is 0 Å². The van der Waals surface area contributed by atoms with Crippen molar-refractivity contribution >= 4 is 23.2 Å². The molecular weight excluding hydrogens is 378 g/mol. The van der Waals surface area contributed by atoms with E-state index in [1.54, 1.807) is 0 Å². The van der Waals surface area contributed by atoms with E-state index in [-0.39, 0.29) is 5.91 Å². The van der Waals surface area contributed by atoms with Crippen LogP contribution in [0.15, 0.2) is 0 Å². The SMILES string of the molecule is CCCCCCCCCCCCCC(=O)NC(=S)NC(C)CCCN(CC)CC. The summed E-state index contributed by atoms with van der Waals surface area (Å²) in [7, 11) is 0. The molecule has 172 valence electrons. The summed E-state index contributed by atoms with van der Waals surface area (Å²) < 4.78 is 0. The number of unbranched alkanes of at least 4 members (excludes halogenated alkanes) is 10. The topological polar surface area (TPSA) is 44.4 Å². The number of hydrogen-bond donors (Lipinski definition) is 2. The van der Waals surface area contributed by atoms with Gasteiger partial charge in [-0.3, -0.25) is 4.79 Å².